The molecule has 1 fully saturated rings. The molecule has 0 heterocycles. The number of hydrogen-bond acceptors (Lipinski definition) is 1. The predicted molar refractivity (Wildman–Crippen MR) is 63.8 cm³/mol. The van der Waals surface area contributed by atoms with E-state index in [9.17, 15) is 9.18 Å². The Morgan fingerprint density at radius 3 is 2.88 bits per heavy atom. The Hall–Kier alpha value is -0.900. The van der Waals surface area contributed by atoms with E-state index in [0.29, 0.717) is 11.5 Å². The molecule has 1 N–H and O–H groups in total. The Morgan fingerprint density at radius 1 is 1.56 bits per heavy atom. The van der Waals surface area contributed by atoms with Crippen LogP contribution in [0, 0.1) is 11.7 Å². The van der Waals surface area contributed by atoms with E-state index in [2.05, 4.69) is 21.2 Å². The van der Waals surface area contributed by atoms with Gasteiger partial charge in [0, 0.05) is 6.04 Å². The maximum absolute atomic E-state index is 13.2. The minimum absolute atomic E-state index is 0.169. The van der Waals surface area contributed by atoms with Crippen molar-refractivity contribution < 1.29 is 9.18 Å². The van der Waals surface area contributed by atoms with E-state index in [1.807, 2.05) is 6.92 Å². The average Bonchev–Trinajstić information content (AvgIpc) is 3.05. The van der Waals surface area contributed by atoms with Gasteiger partial charge in [-0.15, -0.1) is 0 Å². The van der Waals surface area contributed by atoms with E-state index < -0.39 is 5.82 Å². The van der Waals surface area contributed by atoms with Gasteiger partial charge in [-0.2, -0.15) is 0 Å². The second-order valence-corrected chi connectivity index (χ2v) is 4.99. The molecule has 0 saturated heterocycles. The molecule has 1 aliphatic rings. The number of hydrogen-bond donors (Lipinski definition) is 1. The number of halogens is 2. The number of carbonyl (C=O) groups excluding carboxylic acids is 1. The van der Waals surface area contributed by atoms with Gasteiger partial charge in [0.2, 0.25) is 0 Å². The molecule has 1 atom stereocenters. The largest absolute Gasteiger partial charge is 0.349 e. The minimum atomic E-state index is -0.410. The molecule has 0 bridgehead atoms. The van der Waals surface area contributed by atoms with Crippen LogP contribution in [0.2, 0.25) is 0 Å². The van der Waals surface area contributed by atoms with E-state index in [4.69, 9.17) is 0 Å². The molecule has 1 aromatic carbocycles. The summed E-state index contributed by atoms with van der Waals surface area (Å²) < 4.78 is 13.5. The van der Waals surface area contributed by atoms with Crippen molar-refractivity contribution in [3.63, 3.8) is 0 Å². The summed E-state index contributed by atoms with van der Waals surface area (Å²) in [6, 6.07) is 4.65. The van der Waals surface area contributed by atoms with Crippen LogP contribution in [-0.4, -0.2) is 11.9 Å². The highest BCUT2D eigenvalue weighted by molar-refractivity contribution is 9.10. The van der Waals surface area contributed by atoms with Crippen LogP contribution in [0.15, 0.2) is 22.7 Å². The van der Waals surface area contributed by atoms with Crippen LogP contribution in [0.1, 0.15) is 30.1 Å². The molecule has 1 unspecified atom stereocenters. The Kier molecular flexibility index (Phi) is 3.28. The minimum Gasteiger partial charge on any atom is -0.349 e. The molecule has 86 valence electrons. The fourth-order valence-electron chi connectivity index (χ4n) is 1.68. The van der Waals surface area contributed by atoms with E-state index >= 15 is 0 Å². The second kappa shape index (κ2) is 4.53. The number of benzene rings is 1. The van der Waals surface area contributed by atoms with Gasteiger partial charge in [0.1, 0.15) is 5.82 Å². The highest BCUT2D eigenvalue weighted by atomic mass is 79.9. The fourth-order valence-corrected chi connectivity index (χ4v) is 2.12. The lowest BCUT2D eigenvalue weighted by Crippen LogP contribution is -2.34. The van der Waals surface area contributed by atoms with Crippen LogP contribution >= 0.6 is 15.9 Å². The molecular formula is C12H13BrFNO. The molecule has 1 aromatic rings. The van der Waals surface area contributed by atoms with Gasteiger partial charge < -0.3 is 5.32 Å². The van der Waals surface area contributed by atoms with E-state index in [1.165, 1.54) is 25.0 Å². The molecule has 0 spiro atoms. The fraction of sp³-hybridized carbons (Fsp3) is 0.417. The smallest absolute Gasteiger partial charge is 0.252 e. The first-order chi connectivity index (χ1) is 7.59. The van der Waals surface area contributed by atoms with E-state index in [1.54, 1.807) is 6.07 Å². The molecule has 16 heavy (non-hydrogen) atoms. The third-order valence-electron chi connectivity index (χ3n) is 2.88. The molecule has 0 aliphatic heterocycles. The number of nitrogens with one attached hydrogen (secondary N) is 1. The molecule has 1 aliphatic carbocycles. The van der Waals surface area contributed by atoms with Gasteiger partial charge in [-0.3, -0.25) is 4.79 Å². The third kappa shape index (κ3) is 2.43. The first-order valence-electron chi connectivity index (χ1n) is 5.34. The standard InChI is InChI=1S/C12H13BrFNO/c1-7(8-5-6-8)15-12(16)9-3-2-4-10(14)11(9)13/h2-4,7-8H,5-6H2,1H3,(H,15,16). The van der Waals surface area contributed by atoms with Crippen LogP contribution in [0.25, 0.3) is 0 Å². The lowest BCUT2D eigenvalue weighted by molar-refractivity contribution is 0.0934. The first-order valence-corrected chi connectivity index (χ1v) is 6.13. The van der Waals surface area contributed by atoms with Gasteiger partial charge >= 0.3 is 0 Å². The Balaban J connectivity index is 2.10. The highest BCUT2D eigenvalue weighted by Gasteiger charge is 2.29. The summed E-state index contributed by atoms with van der Waals surface area (Å²) in [6.45, 7) is 1.99. The first kappa shape index (κ1) is 11.6. The van der Waals surface area contributed by atoms with Crippen LogP contribution in [0.3, 0.4) is 0 Å². The van der Waals surface area contributed by atoms with Gasteiger partial charge in [0.25, 0.3) is 5.91 Å². The normalized spacial score (nSPS) is 16.9. The number of carbonyl (C=O) groups is 1. The highest BCUT2D eigenvalue weighted by Crippen LogP contribution is 2.32. The van der Waals surface area contributed by atoms with Gasteiger partial charge in [0.05, 0.1) is 10.0 Å². The summed E-state index contributed by atoms with van der Waals surface area (Å²) in [4.78, 5) is 11.9. The predicted octanol–water partition coefficient (Wildman–Crippen LogP) is 3.12. The maximum Gasteiger partial charge on any atom is 0.252 e. The van der Waals surface area contributed by atoms with Crippen LogP contribution in [0.5, 0.6) is 0 Å². The zero-order valence-electron chi connectivity index (χ0n) is 8.97. The van der Waals surface area contributed by atoms with Crippen molar-refractivity contribution in [2.45, 2.75) is 25.8 Å². The topological polar surface area (TPSA) is 29.1 Å². The van der Waals surface area contributed by atoms with Crippen molar-refractivity contribution in [3.8, 4) is 0 Å². The van der Waals surface area contributed by atoms with Crippen molar-refractivity contribution in [2.75, 3.05) is 0 Å². The van der Waals surface area contributed by atoms with E-state index in [0.717, 1.165) is 0 Å². The average molecular weight is 286 g/mol. The molecule has 2 nitrogen and oxygen atoms in total. The summed E-state index contributed by atoms with van der Waals surface area (Å²) in [5.41, 5.74) is 0.354. The summed E-state index contributed by atoms with van der Waals surface area (Å²) in [7, 11) is 0. The molecule has 0 aromatic heterocycles. The van der Waals surface area contributed by atoms with Gasteiger partial charge in [-0.1, -0.05) is 6.07 Å². The Labute approximate surface area is 102 Å². The molecule has 1 amide bonds. The third-order valence-corrected chi connectivity index (χ3v) is 3.69. The van der Waals surface area contributed by atoms with Gasteiger partial charge in [0.15, 0.2) is 0 Å². The van der Waals surface area contributed by atoms with Gasteiger partial charge in [-0.25, -0.2) is 4.39 Å². The van der Waals surface area contributed by atoms with Crippen LogP contribution in [-0.2, 0) is 0 Å². The molecule has 1 saturated carbocycles. The number of rotatable bonds is 3. The van der Waals surface area contributed by atoms with Crippen molar-refractivity contribution in [2.24, 2.45) is 5.92 Å². The molecule has 0 radical (unpaired) electrons. The van der Waals surface area contributed by atoms with Crippen molar-refractivity contribution >= 4 is 21.8 Å². The SMILES string of the molecule is CC(NC(=O)c1cccc(F)c1Br)C1CC1. The van der Waals surface area contributed by atoms with Crippen molar-refractivity contribution in [1.29, 1.82) is 0 Å². The monoisotopic (exact) mass is 285 g/mol. The Morgan fingerprint density at radius 2 is 2.25 bits per heavy atom. The van der Waals surface area contributed by atoms with Gasteiger partial charge in [-0.05, 0) is 53.7 Å². The summed E-state index contributed by atoms with van der Waals surface area (Å²) in [6.07, 6.45) is 2.34. The molecule has 4 heteroatoms. The lowest BCUT2D eigenvalue weighted by atomic mass is 10.1. The lowest BCUT2D eigenvalue weighted by Gasteiger charge is -2.13. The van der Waals surface area contributed by atoms with Crippen molar-refractivity contribution in [3.05, 3.63) is 34.1 Å². The summed E-state index contributed by atoms with van der Waals surface area (Å²) >= 11 is 3.09. The summed E-state index contributed by atoms with van der Waals surface area (Å²) in [5, 5.41) is 2.89. The van der Waals surface area contributed by atoms with Crippen LogP contribution in [0.4, 0.5) is 4.39 Å². The van der Waals surface area contributed by atoms with Crippen molar-refractivity contribution in [1.82, 2.24) is 5.32 Å². The number of amides is 1. The zero-order valence-corrected chi connectivity index (χ0v) is 10.6. The molecular weight excluding hydrogens is 273 g/mol. The zero-order chi connectivity index (χ0) is 11.7. The van der Waals surface area contributed by atoms with Crippen LogP contribution < -0.4 is 5.32 Å². The second-order valence-electron chi connectivity index (χ2n) is 4.20. The quantitative estimate of drug-likeness (QED) is 0.908. The summed E-state index contributed by atoms with van der Waals surface area (Å²) in [5.74, 6) is -0.0335. The maximum atomic E-state index is 13.2. The van der Waals surface area contributed by atoms with E-state index in [-0.39, 0.29) is 16.4 Å². The molecule has 2 rings (SSSR count). The Bertz CT molecular complexity index is 417.